The zero-order valence-corrected chi connectivity index (χ0v) is 12.8. The molecule has 0 aliphatic heterocycles. The van der Waals surface area contributed by atoms with Crippen molar-refractivity contribution in [3.05, 3.63) is 63.4 Å². The number of hydrogen-bond donors (Lipinski definition) is 0. The van der Waals surface area contributed by atoms with Crippen molar-refractivity contribution in [3.8, 4) is 11.8 Å². The van der Waals surface area contributed by atoms with Crippen LogP contribution in [0.5, 0.6) is 5.75 Å². The molecule has 0 N–H and O–H groups in total. The van der Waals surface area contributed by atoms with Gasteiger partial charge in [0.25, 0.3) is 0 Å². The highest BCUT2D eigenvalue weighted by Crippen LogP contribution is 2.25. The Bertz CT molecular complexity index is 738. The maximum absolute atomic E-state index is 13.3. The predicted molar refractivity (Wildman–Crippen MR) is 79.6 cm³/mol. The quantitative estimate of drug-likeness (QED) is 0.777. The largest absolute Gasteiger partial charge is 0.488 e. The summed E-state index contributed by atoms with van der Waals surface area (Å²) in [6.45, 7) is 1.45. The van der Waals surface area contributed by atoms with Gasteiger partial charge in [0.1, 0.15) is 18.2 Å². The molecule has 21 heavy (non-hydrogen) atoms. The molecule has 0 aliphatic rings. The molecule has 0 radical (unpaired) electrons. The van der Waals surface area contributed by atoms with Crippen LogP contribution in [0.15, 0.2) is 40.9 Å². The lowest BCUT2D eigenvalue weighted by Gasteiger charge is -2.11. The Balaban J connectivity index is 2.29. The Morgan fingerprint density at radius 3 is 2.76 bits per heavy atom. The van der Waals surface area contributed by atoms with Gasteiger partial charge >= 0.3 is 0 Å². The van der Waals surface area contributed by atoms with Gasteiger partial charge in [-0.3, -0.25) is 4.79 Å². The minimum atomic E-state index is -0.436. The van der Waals surface area contributed by atoms with E-state index >= 15 is 0 Å². The lowest BCUT2D eigenvalue weighted by Crippen LogP contribution is -2.03. The number of hydrogen-bond acceptors (Lipinski definition) is 3. The van der Waals surface area contributed by atoms with Crippen molar-refractivity contribution in [2.75, 3.05) is 0 Å². The molecule has 3 nitrogen and oxygen atoms in total. The summed E-state index contributed by atoms with van der Waals surface area (Å²) in [5, 5.41) is 9.00. The molecule has 0 heterocycles. The van der Waals surface area contributed by atoms with Crippen LogP contribution in [0.4, 0.5) is 4.39 Å². The second-order valence-corrected chi connectivity index (χ2v) is 5.31. The fraction of sp³-hybridized carbons (Fsp3) is 0.125. The Hall–Kier alpha value is -2.19. The summed E-state index contributed by atoms with van der Waals surface area (Å²) < 4.78 is 19.6. The minimum Gasteiger partial charge on any atom is -0.488 e. The molecule has 2 rings (SSSR count). The normalized spacial score (nSPS) is 10.0. The molecule has 0 bridgehead atoms. The smallest absolute Gasteiger partial charge is 0.163 e. The third kappa shape index (κ3) is 3.67. The molecule has 5 heteroatoms. The van der Waals surface area contributed by atoms with E-state index in [0.29, 0.717) is 22.4 Å². The van der Waals surface area contributed by atoms with E-state index < -0.39 is 5.82 Å². The van der Waals surface area contributed by atoms with Crippen LogP contribution >= 0.6 is 15.9 Å². The topological polar surface area (TPSA) is 50.1 Å². The fourth-order valence-corrected chi connectivity index (χ4v) is 2.19. The average molecular weight is 348 g/mol. The summed E-state index contributed by atoms with van der Waals surface area (Å²) in [6.07, 6.45) is 0. The monoisotopic (exact) mass is 347 g/mol. The van der Waals surface area contributed by atoms with E-state index in [9.17, 15) is 9.18 Å². The number of nitriles is 1. The van der Waals surface area contributed by atoms with Gasteiger partial charge in [0.2, 0.25) is 0 Å². The summed E-state index contributed by atoms with van der Waals surface area (Å²) in [5.41, 5.74) is 1.22. The van der Waals surface area contributed by atoms with Crippen LogP contribution in [-0.4, -0.2) is 5.78 Å². The van der Waals surface area contributed by atoms with Crippen LogP contribution < -0.4 is 4.74 Å². The van der Waals surface area contributed by atoms with Crippen LogP contribution in [0.2, 0.25) is 0 Å². The number of rotatable bonds is 4. The standard InChI is InChI=1S/C16H11BrFNO2/c1-10(20)15-5-3-13(17)7-16(15)21-9-12-6-14(18)4-2-11(12)8-19/h2-7H,9H2,1H3. The van der Waals surface area contributed by atoms with Gasteiger partial charge in [0, 0.05) is 10.0 Å². The van der Waals surface area contributed by atoms with Gasteiger partial charge in [0.15, 0.2) is 5.78 Å². The number of benzene rings is 2. The molecule has 0 unspecified atom stereocenters. The number of ketones is 1. The van der Waals surface area contributed by atoms with Gasteiger partial charge in [-0.05, 0) is 43.3 Å². The molecular weight excluding hydrogens is 337 g/mol. The molecule has 106 valence electrons. The lowest BCUT2D eigenvalue weighted by atomic mass is 10.1. The number of halogens is 2. The van der Waals surface area contributed by atoms with E-state index in [0.717, 1.165) is 4.47 Å². The third-order valence-corrected chi connectivity index (χ3v) is 3.39. The molecule has 2 aromatic rings. The van der Waals surface area contributed by atoms with Crippen molar-refractivity contribution in [2.45, 2.75) is 13.5 Å². The van der Waals surface area contributed by atoms with E-state index in [1.807, 2.05) is 6.07 Å². The Kier molecular flexibility index (Phi) is 4.71. The molecule has 0 atom stereocenters. The first-order chi connectivity index (χ1) is 10.0. The van der Waals surface area contributed by atoms with Crippen LogP contribution in [0, 0.1) is 17.1 Å². The van der Waals surface area contributed by atoms with Gasteiger partial charge in [-0.1, -0.05) is 15.9 Å². The predicted octanol–water partition coefficient (Wildman–Crippen LogP) is 4.24. The molecular formula is C16H11BrFNO2. The Morgan fingerprint density at radius 1 is 1.33 bits per heavy atom. The Morgan fingerprint density at radius 2 is 2.10 bits per heavy atom. The van der Waals surface area contributed by atoms with Crippen LogP contribution in [0.25, 0.3) is 0 Å². The summed E-state index contributed by atoms with van der Waals surface area (Å²) in [5.74, 6) is -0.170. The zero-order chi connectivity index (χ0) is 15.4. The summed E-state index contributed by atoms with van der Waals surface area (Å²) in [7, 11) is 0. The highest BCUT2D eigenvalue weighted by atomic mass is 79.9. The number of nitrogens with zero attached hydrogens (tertiary/aromatic N) is 1. The molecule has 0 aliphatic carbocycles. The highest BCUT2D eigenvalue weighted by molar-refractivity contribution is 9.10. The Labute approximate surface area is 130 Å². The van der Waals surface area contributed by atoms with Crippen molar-refractivity contribution in [2.24, 2.45) is 0 Å². The molecule has 0 saturated carbocycles. The van der Waals surface area contributed by atoms with E-state index in [1.54, 1.807) is 18.2 Å². The summed E-state index contributed by atoms with van der Waals surface area (Å²) in [4.78, 5) is 11.6. The first kappa shape index (κ1) is 15.2. The third-order valence-electron chi connectivity index (χ3n) is 2.89. The van der Waals surface area contributed by atoms with E-state index in [2.05, 4.69) is 15.9 Å². The molecule has 0 amide bonds. The van der Waals surface area contributed by atoms with Gasteiger partial charge < -0.3 is 4.74 Å². The fourth-order valence-electron chi connectivity index (χ4n) is 1.85. The SMILES string of the molecule is CC(=O)c1ccc(Br)cc1OCc1cc(F)ccc1C#N. The van der Waals surface area contributed by atoms with Gasteiger partial charge in [0.05, 0.1) is 17.2 Å². The number of ether oxygens (including phenoxy) is 1. The van der Waals surface area contributed by atoms with Crippen LogP contribution in [-0.2, 0) is 6.61 Å². The van der Waals surface area contributed by atoms with Crippen molar-refractivity contribution in [3.63, 3.8) is 0 Å². The average Bonchev–Trinajstić information content (AvgIpc) is 2.45. The number of carbonyl (C=O) groups is 1. The molecule has 2 aromatic carbocycles. The van der Waals surface area contributed by atoms with Gasteiger partial charge in [-0.25, -0.2) is 4.39 Å². The van der Waals surface area contributed by atoms with Crippen LogP contribution in [0.3, 0.4) is 0 Å². The van der Waals surface area contributed by atoms with E-state index in [4.69, 9.17) is 10.00 Å². The van der Waals surface area contributed by atoms with Crippen molar-refractivity contribution in [1.29, 1.82) is 5.26 Å². The number of Topliss-reactive ketones (excluding diaryl/α,β-unsaturated/α-hetero) is 1. The molecule has 0 spiro atoms. The van der Waals surface area contributed by atoms with Crippen LogP contribution in [0.1, 0.15) is 28.4 Å². The summed E-state index contributed by atoms with van der Waals surface area (Å²) in [6, 6.07) is 10.9. The van der Waals surface area contributed by atoms with Gasteiger partial charge in [-0.2, -0.15) is 5.26 Å². The molecule has 0 saturated heterocycles. The maximum Gasteiger partial charge on any atom is 0.163 e. The van der Waals surface area contributed by atoms with Crippen molar-refractivity contribution >= 4 is 21.7 Å². The first-order valence-electron chi connectivity index (χ1n) is 6.13. The van der Waals surface area contributed by atoms with E-state index in [-0.39, 0.29) is 12.4 Å². The number of carbonyl (C=O) groups excluding carboxylic acids is 1. The lowest BCUT2D eigenvalue weighted by molar-refractivity contribution is 0.101. The molecule has 0 fully saturated rings. The zero-order valence-electron chi connectivity index (χ0n) is 11.2. The highest BCUT2D eigenvalue weighted by Gasteiger charge is 2.11. The van der Waals surface area contributed by atoms with Gasteiger partial charge in [-0.15, -0.1) is 0 Å². The maximum atomic E-state index is 13.3. The van der Waals surface area contributed by atoms with Crippen molar-refractivity contribution < 1.29 is 13.9 Å². The second-order valence-electron chi connectivity index (χ2n) is 4.40. The second kappa shape index (κ2) is 6.51. The first-order valence-corrected chi connectivity index (χ1v) is 6.92. The van der Waals surface area contributed by atoms with E-state index in [1.165, 1.54) is 25.1 Å². The van der Waals surface area contributed by atoms with Crippen molar-refractivity contribution in [1.82, 2.24) is 0 Å². The summed E-state index contributed by atoms with van der Waals surface area (Å²) >= 11 is 3.31. The minimum absolute atomic E-state index is 0.0113. The molecule has 0 aromatic heterocycles.